The number of nitrogens with zero attached hydrogens (tertiary/aromatic N) is 3. The third-order valence-electron chi connectivity index (χ3n) is 3.57. The van der Waals surface area contributed by atoms with Gasteiger partial charge in [-0.1, -0.05) is 12.1 Å². The molecule has 1 aliphatic rings. The molecule has 2 heterocycles. The normalized spacial score (nSPS) is 19.8. The fourth-order valence-corrected chi connectivity index (χ4v) is 4.34. The van der Waals surface area contributed by atoms with Crippen molar-refractivity contribution in [2.45, 2.75) is 23.8 Å². The summed E-state index contributed by atoms with van der Waals surface area (Å²) in [5, 5.41) is 0. The smallest absolute Gasteiger partial charge is 0.245 e. The number of rotatable bonds is 3. The number of benzene rings is 1. The summed E-state index contributed by atoms with van der Waals surface area (Å²) >= 11 is 0. The summed E-state index contributed by atoms with van der Waals surface area (Å²) in [5.41, 5.74) is 0.641. The Labute approximate surface area is 122 Å². The third-order valence-corrected chi connectivity index (χ3v) is 5.51. The Kier molecular flexibility index (Phi) is 3.69. The number of sulfonamides is 1. The van der Waals surface area contributed by atoms with E-state index in [1.165, 1.54) is 28.8 Å². The largest absolute Gasteiger partial charge is 0.246 e. The highest BCUT2D eigenvalue weighted by atomic mass is 32.2. The molecule has 1 aromatic carbocycles. The summed E-state index contributed by atoms with van der Waals surface area (Å²) in [5.74, 6) is -0.731. The topological polar surface area (TPSA) is 63.2 Å². The lowest BCUT2D eigenvalue weighted by Gasteiger charge is -2.23. The first-order chi connectivity index (χ1) is 10.1. The van der Waals surface area contributed by atoms with Gasteiger partial charge in [0.1, 0.15) is 17.0 Å². The fraction of sp³-hybridized carbons (Fsp3) is 0.286. The van der Waals surface area contributed by atoms with Crippen molar-refractivity contribution < 1.29 is 12.8 Å². The second kappa shape index (κ2) is 5.50. The van der Waals surface area contributed by atoms with Crippen LogP contribution >= 0.6 is 0 Å². The molecule has 7 heteroatoms. The van der Waals surface area contributed by atoms with Gasteiger partial charge in [0.2, 0.25) is 10.0 Å². The predicted molar refractivity (Wildman–Crippen MR) is 74.3 cm³/mol. The highest BCUT2D eigenvalue weighted by Gasteiger charge is 2.38. The van der Waals surface area contributed by atoms with E-state index in [1.54, 1.807) is 12.3 Å². The van der Waals surface area contributed by atoms with Gasteiger partial charge in [-0.15, -0.1) is 0 Å². The molecule has 1 saturated heterocycles. The van der Waals surface area contributed by atoms with Crippen LogP contribution in [0.3, 0.4) is 0 Å². The van der Waals surface area contributed by atoms with E-state index in [0.717, 1.165) is 12.5 Å². The Bertz CT molecular complexity index is 737. The van der Waals surface area contributed by atoms with Crippen molar-refractivity contribution in [3.63, 3.8) is 0 Å². The van der Waals surface area contributed by atoms with Crippen LogP contribution < -0.4 is 0 Å². The lowest BCUT2D eigenvalue weighted by Crippen LogP contribution is -2.31. The summed E-state index contributed by atoms with van der Waals surface area (Å²) < 4.78 is 40.5. The summed E-state index contributed by atoms with van der Waals surface area (Å²) in [4.78, 5) is 7.68. The van der Waals surface area contributed by atoms with E-state index < -0.39 is 15.8 Å². The molecule has 1 aliphatic heterocycles. The Morgan fingerprint density at radius 3 is 2.76 bits per heavy atom. The summed E-state index contributed by atoms with van der Waals surface area (Å²) in [6.07, 6.45) is 4.36. The van der Waals surface area contributed by atoms with Crippen molar-refractivity contribution >= 4 is 10.0 Å². The summed E-state index contributed by atoms with van der Waals surface area (Å²) in [7, 11) is -3.87. The summed E-state index contributed by atoms with van der Waals surface area (Å²) in [6, 6.07) is 6.77. The lowest BCUT2D eigenvalue weighted by atomic mass is 10.1. The summed E-state index contributed by atoms with van der Waals surface area (Å²) in [6.45, 7) is 0.366. The Morgan fingerprint density at radius 2 is 2.05 bits per heavy atom. The standard InChI is InChI=1S/C14H14FN3O2S/c15-11-4-1-2-6-14(11)21(19,20)18-9-3-5-13(18)12-7-8-16-10-17-12/h1-2,4,6-8,10,13H,3,5,9H2. The molecule has 0 bridgehead atoms. The molecule has 0 saturated carbocycles. The van der Waals surface area contributed by atoms with Crippen molar-refractivity contribution in [1.82, 2.24) is 14.3 Å². The molecule has 21 heavy (non-hydrogen) atoms. The van der Waals surface area contributed by atoms with Gasteiger partial charge in [-0.25, -0.2) is 22.8 Å². The van der Waals surface area contributed by atoms with E-state index in [2.05, 4.69) is 9.97 Å². The molecule has 1 fully saturated rings. The minimum Gasteiger partial charge on any atom is -0.245 e. The maximum absolute atomic E-state index is 13.8. The van der Waals surface area contributed by atoms with Crippen molar-refractivity contribution in [2.75, 3.05) is 6.54 Å². The van der Waals surface area contributed by atoms with Gasteiger partial charge in [0, 0.05) is 12.7 Å². The zero-order valence-electron chi connectivity index (χ0n) is 11.2. The quantitative estimate of drug-likeness (QED) is 0.871. The monoisotopic (exact) mass is 307 g/mol. The first-order valence-electron chi connectivity index (χ1n) is 6.63. The second-order valence-electron chi connectivity index (χ2n) is 4.84. The van der Waals surface area contributed by atoms with Crippen molar-refractivity contribution in [3.05, 3.63) is 54.4 Å². The minimum atomic E-state index is -3.87. The van der Waals surface area contributed by atoms with E-state index in [1.807, 2.05) is 0 Å². The SMILES string of the molecule is O=S(=O)(c1ccccc1F)N1CCCC1c1ccncn1. The van der Waals surface area contributed by atoms with Crippen LogP contribution in [0.2, 0.25) is 0 Å². The molecule has 0 aliphatic carbocycles. The molecular formula is C14H14FN3O2S. The molecule has 0 N–H and O–H groups in total. The average Bonchev–Trinajstić information content (AvgIpc) is 2.99. The maximum atomic E-state index is 13.8. The molecule has 0 amide bonds. The zero-order chi connectivity index (χ0) is 14.9. The minimum absolute atomic E-state index is 0.286. The van der Waals surface area contributed by atoms with Gasteiger partial charge < -0.3 is 0 Å². The van der Waals surface area contributed by atoms with E-state index in [0.29, 0.717) is 18.7 Å². The van der Waals surface area contributed by atoms with Crippen LogP contribution in [0.25, 0.3) is 0 Å². The van der Waals surface area contributed by atoms with Gasteiger partial charge in [0.15, 0.2) is 0 Å². The van der Waals surface area contributed by atoms with Crippen molar-refractivity contribution in [3.8, 4) is 0 Å². The molecule has 0 radical (unpaired) electrons. The Morgan fingerprint density at radius 1 is 1.24 bits per heavy atom. The Balaban J connectivity index is 2.01. The van der Waals surface area contributed by atoms with Gasteiger partial charge in [-0.3, -0.25) is 0 Å². The van der Waals surface area contributed by atoms with Crippen LogP contribution in [0.5, 0.6) is 0 Å². The van der Waals surface area contributed by atoms with Crippen molar-refractivity contribution in [1.29, 1.82) is 0 Å². The number of halogens is 1. The molecule has 1 unspecified atom stereocenters. The van der Waals surface area contributed by atoms with E-state index >= 15 is 0 Å². The highest BCUT2D eigenvalue weighted by molar-refractivity contribution is 7.89. The predicted octanol–water partition coefficient (Wildman–Crippen LogP) is 2.14. The molecule has 3 rings (SSSR count). The number of hydrogen-bond donors (Lipinski definition) is 0. The van der Waals surface area contributed by atoms with Crippen LogP contribution in [0.4, 0.5) is 4.39 Å². The van der Waals surface area contributed by atoms with E-state index in [4.69, 9.17) is 0 Å². The van der Waals surface area contributed by atoms with E-state index in [-0.39, 0.29) is 10.9 Å². The molecule has 1 aromatic heterocycles. The molecule has 1 atom stereocenters. The molecule has 110 valence electrons. The maximum Gasteiger partial charge on any atom is 0.246 e. The molecule has 0 spiro atoms. The second-order valence-corrected chi connectivity index (χ2v) is 6.70. The van der Waals surface area contributed by atoms with Gasteiger partial charge in [0.25, 0.3) is 0 Å². The molecular weight excluding hydrogens is 293 g/mol. The van der Waals surface area contributed by atoms with Crippen LogP contribution in [-0.2, 0) is 10.0 Å². The van der Waals surface area contributed by atoms with E-state index in [9.17, 15) is 12.8 Å². The van der Waals surface area contributed by atoms with Gasteiger partial charge >= 0.3 is 0 Å². The molecule has 2 aromatic rings. The van der Waals surface area contributed by atoms with Crippen molar-refractivity contribution in [2.24, 2.45) is 0 Å². The number of hydrogen-bond acceptors (Lipinski definition) is 4. The highest BCUT2D eigenvalue weighted by Crippen LogP contribution is 2.35. The van der Waals surface area contributed by atoms with Gasteiger partial charge in [-0.2, -0.15) is 4.31 Å². The average molecular weight is 307 g/mol. The van der Waals surface area contributed by atoms with Gasteiger partial charge in [-0.05, 0) is 31.0 Å². The first-order valence-corrected chi connectivity index (χ1v) is 8.07. The number of aromatic nitrogens is 2. The fourth-order valence-electron chi connectivity index (χ4n) is 2.60. The van der Waals surface area contributed by atoms with Crippen LogP contribution in [0.15, 0.2) is 47.8 Å². The molecule has 5 nitrogen and oxygen atoms in total. The first kappa shape index (κ1) is 14.1. The van der Waals surface area contributed by atoms with Crippen LogP contribution in [0, 0.1) is 5.82 Å². The zero-order valence-corrected chi connectivity index (χ0v) is 12.0. The van der Waals surface area contributed by atoms with Crippen LogP contribution in [0.1, 0.15) is 24.6 Å². The lowest BCUT2D eigenvalue weighted by molar-refractivity contribution is 0.387. The third kappa shape index (κ3) is 2.54. The van der Waals surface area contributed by atoms with Crippen LogP contribution in [-0.4, -0.2) is 29.2 Å². The van der Waals surface area contributed by atoms with Gasteiger partial charge in [0.05, 0.1) is 11.7 Å². The Hall–Kier alpha value is -1.86.